The molecule has 0 saturated carbocycles. The maximum atomic E-state index is 12.4. The van der Waals surface area contributed by atoms with Gasteiger partial charge in [0.2, 0.25) is 11.8 Å². The molecule has 2 amide bonds. The summed E-state index contributed by atoms with van der Waals surface area (Å²) >= 11 is 0. The number of alkyl halides is 3. The summed E-state index contributed by atoms with van der Waals surface area (Å²) in [4.78, 5) is 25.5. The van der Waals surface area contributed by atoms with Crippen molar-refractivity contribution < 1.29 is 27.9 Å². The Kier molecular flexibility index (Phi) is 5.79. The van der Waals surface area contributed by atoms with Crippen molar-refractivity contribution in [3.8, 4) is 0 Å². The Morgan fingerprint density at radius 3 is 2.55 bits per heavy atom. The second-order valence-electron chi connectivity index (χ2n) is 4.90. The van der Waals surface area contributed by atoms with Gasteiger partial charge in [0.15, 0.2) is 0 Å². The zero-order valence-corrected chi connectivity index (χ0v) is 11.3. The highest BCUT2D eigenvalue weighted by atomic mass is 19.4. The van der Waals surface area contributed by atoms with E-state index in [1.807, 2.05) is 0 Å². The number of aliphatic hydroxyl groups is 1. The minimum atomic E-state index is -4.50. The van der Waals surface area contributed by atoms with E-state index in [1.165, 1.54) is 11.8 Å². The van der Waals surface area contributed by atoms with Crippen molar-refractivity contribution in [3.63, 3.8) is 0 Å². The molecule has 0 aromatic rings. The van der Waals surface area contributed by atoms with E-state index in [0.29, 0.717) is 24.3 Å². The highest BCUT2D eigenvalue weighted by Crippen LogP contribution is 2.22. The lowest BCUT2D eigenvalue weighted by Crippen LogP contribution is -2.49. The zero-order valence-electron chi connectivity index (χ0n) is 11.3. The number of carbonyl (C=O) groups excluding carboxylic acids is 2. The first kappa shape index (κ1) is 16.7. The molecule has 1 aliphatic rings. The van der Waals surface area contributed by atoms with E-state index in [-0.39, 0.29) is 19.0 Å². The maximum Gasteiger partial charge on any atom is 0.406 e. The van der Waals surface area contributed by atoms with Crippen LogP contribution in [0.3, 0.4) is 0 Å². The smallest absolute Gasteiger partial charge is 0.395 e. The third-order valence-corrected chi connectivity index (χ3v) is 3.27. The summed E-state index contributed by atoms with van der Waals surface area (Å²) in [7, 11) is 0. The van der Waals surface area contributed by atoms with Crippen LogP contribution in [-0.2, 0) is 9.59 Å². The summed E-state index contributed by atoms with van der Waals surface area (Å²) in [6, 6.07) is 0. The van der Waals surface area contributed by atoms with E-state index in [2.05, 4.69) is 0 Å². The van der Waals surface area contributed by atoms with E-state index in [1.54, 1.807) is 0 Å². The van der Waals surface area contributed by atoms with Crippen LogP contribution < -0.4 is 0 Å². The van der Waals surface area contributed by atoms with Gasteiger partial charge >= 0.3 is 6.18 Å². The molecule has 1 N–H and O–H groups in total. The largest absolute Gasteiger partial charge is 0.406 e. The van der Waals surface area contributed by atoms with E-state index in [9.17, 15) is 22.8 Å². The quantitative estimate of drug-likeness (QED) is 0.827. The van der Waals surface area contributed by atoms with E-state index in [0.717, 1.165) is 0 Å². The van der Waals surface area contributed by atoms with Gasteiger partial charge in [0.25, 0.3) is 0 Å². The number of halogens is 3. The van der Waals surface area contributed by atoms with Crippen LogP contribution in [0.5, 0.6) is 0 Å². The molecule has 8 heteroatoms. The molecule has 1 heterocycles. The number of piperidine rings is 1. The number of nitrogens with zero attached hydrogens (tertiary/aromatic N) is 2. The maximum absolute atomic E-state index is 12.4. The Labute approximate surface area is 115 Å². The molecule has 1 unspecified atom stereocenters. The first-order valence-corrected chi connectivity index (χ1v) is 6.46. The van der Waals surface area contributed by atoms with Crippen LogP contribution in [0, 0.1) is 5.92 Å². The Balaban J connectivity index is 2.70. The first-order chi connectivity index (χ1) is 9.24. The molecule has 1 atom stereocenters. The van der Waals surface area contributed by atoms with Gasteiger partial charge in [0.1, 0.15) is 6.54 Å². The average Bonchev–Trinajstić information content (AvgIpc) is 2.36. The van der Waals surface area contributed by atoms with Gasteiger partial charge in [-0.1, -0.05) is 0 Å². The van der Waals surface area contributed by atoms with Crippen LogP contribution in [0.25, 0.3) is 0 Å². The fourth-order valence-corrected chi connectivity index (χ4v) is 2.33. The normalized spacial score (nSPS) is 19.9. The molecular weight excluding hydrogens is 277 g/mol. The molecule has 1 fully saturated rings. The Bertz CT molecular complexity index is 360. The predicted molar refractivity (Wildman–Crippen MR) is 64.7 cm³/mol. The van der Waals surface area contributed by atoms with Gasteiger partial charge in [-0.25, -0.2) is 0 Å². The fraction of sp³-hybridized carbons (Fsp3) is 0.833. The number of hydrogen-bond acceptors (Lipinski definition) is 3. The van der Waals surface area contributed by atoms with Gasteiger partial charge in [-0.05, 0) is 12.8 Å². The van der Waals surface area contributed by atoms with Crippen molar-refractivity contribution in [3.05, 3.63) is 0 Å². The van der Waals surface area contributed by atoms with Gasteiger partial charge in [-0.15, -0.1) is 0 Å². The summed E-state index contributed by atoms with van der Waals surface area (Å²) in [5.74, 6) is -1.46. The molecule has 20 heavy (non-hydrogen) atoms. The summed E-state index contributed by atoms with van der Waals surface area (Å²) in [5.41, 5.74) is 0. The topological polar surface area (TPSA) is 60.9 Å². The third-order valence-electron chi connectivity index (χ3n) is 3.27. The molecule has 1 aliphatic heterocycles. The van der Waals surface area contributed by atoms with Gasteiger partial charge in [0.05, 0.1) is 12.5 Å². The van der Waals surface area contributed by atoms with Crippen LogP contribution >= 0.6 is 0 Å². The number of rotatable bonds is 4. The lowest BCUT2D eigenvalue weighted by Gasteiger charge is -2.34. The summed E-state index contributed by atoms with van der Waals surface area (Å²) in [5, 5.41) is 8.80. The predicted octanol–water partition coefficient (Wildman–Crippen LogP) is 0.628. The number of likely N-dealkylation sites (tertiary alicyclic amines) is 1. The third kappa shape index (κ3) is 4.99. The lowest BCUT2D eigenvalue weighted by molar-refractivity contribution is -0.166. The first-order valence-electron chi connectivity index (χ1n) is 6.46. The number of aliphatic hydroxyl groups excluding tert-OH is 1. The van der Waals surface area contributed by atoms with Crippen LogP contribution in [0.4, 0.5) is 13.2 Å². The van der Waals surface area contributed by atoms with E-state index in [4.69, 9.17) is 5.11 Å². The van der Waals surface area contributed by atoms with Gasteiger partial charge in [-0.3, -0.25) is 9.59 Å². The van der Waals surface area contributed by atoms with Gasteiger partial charge in [0, 0.05) is 26.6 Å². The van der Waals surface area contributed by atoms with Crippen LogP contribution in [0.15, 0.2) is 0 Å². The molecule has 0 radical (unpaired) electrons. The van der Waals surface area contributed by atoms with E-state index < -0.39 is 31.2 Å². The van der Waals surface area contributed by atoms with Crippen molar-refractivity contribution in [1.29, 1.82) is 0 Å². The number of carbonyl (C=O) groups is 2. The highest BCUT2D eigenvalue weighted by Gasteiger charge is 2.36. The molecule has 5 nitrogen and oxygen atoms in total. The van der Waals surface area contributed by atoms with E-state index >= 15 is 0 Å². The summed E-state index contributed by atoms with van der Waals surface area (Å²) in [6.07, 6.45) is -3.45. The molecule has 1 rings (SSSR count). The Morgan fingerprint density at radius 1 is 1.40 bits per heavy atom. The molecule has 0 aliphatic carbocycles. The van der Waals surface area contributed by atoms with Crippen LogP contribution in [0.1, 0.15) is 19.8 Å². The Hall–Kier alpha value is -1.31. The van der Waals surface area contributed by atoms with Crippen molar-refractivity contribution in [2.45, 2.75) is 25.9 Å². The average molecular weight is 296 g/mol. The summed E-state index contributed by atoms with van der Waals surface area (Å²) < 4.78 is 37.3. The van der Waals surface area contributed by atoms with Crippen molar-refractivity contribution in [2.24, 2.45) is 5.92 Å². The fourth-order valence-electron chi connectivity index (χ4n) is 2.33. The lowest BCUT2D eigenvalue weighted by atomic mass is 9.96. The van der Waals surface area contributed by atoms with Crippen molar-refractivity contribution >= 4 is 11.8 Å². The second kappa shape index (κ2) is 6.92. The minimum Gasteiger partial charge on any atom is -0.395 e. The number of amides is 2. The number of hydrogen-bond donors (Lipinski definition) is 1. The standard InChI is InChI=1S/C12H19F3N2O3/c1-9(19)16-4-2-3-10(7-16)11(20)17(5-6-18)8-12(13,14)15/h10,18H,2-8H2,1H3. The van der Waals surface area contributed by atoms with Crippen molar-refractivity contribution in [2.75, 3.05) is 32.8 Å². The molecular formula is C12H19F3N2O3. The Morgan fingerprint density at radius 2 is 2.05 bits per heavy atom. The molecule has 0 aromatic heterocycles. The minimum absolute atomic E-state index is 0.147. The molecule has 1 saturated heterocycles. The second-order valence-corrected chi connectivity index (χ2v) is 4.90. The molecule has 0 bridgehead atoms. The monoisotopic (exact) mass is 296 g/mol. The van der Waals surface area contributed by atoms with Crippen LogP contribution in [-0.4, -0.2) is 65.7 Å². The van der Waals surface area contributed by atoms with Crippen molar-refractivity contribution in [1.82, 2.24) is 9.80 Å². The molecule has 116 valence electrons. The summed E-state index contributed by atoms with van der Waals surface area (Å²) in [6.45, 7) is -0.205. The molecule has 0 aromatic carbocycles. The molecule has 0 spiro atoms. The SMILES string of the molecule is CC(=O)N1CCCC(C(=O)N(CCO)CC(F)(F)F)C1. The highest BCUT2D eigenvalue weighted by molar-refractivity contribution is 5.80. The zero-order chi connectivity index (χ0) is 15.3. The van der Waals surface area contributed by atoms with Gasteiger partial charge < -0.3 is 14.9 Å². The van der Waals surface area contributed by atoms with Crippen LogP contribution in [0.2, 0.25) is 0 Å². The van der Waals surface area contributed by atoms with Gasteiger partial charge in [-0.2, -0.15) is 13.2 Å².